The number of unbranched alkanes of at least 4 members (excludes halogenated alkanes) is 42. The number of aliphatic hydroxyl groups excluding tert-OH is 1. The molecule has 0 bridgehead atoms. The monoisotopic (exact) mass is 1450 g/mol. The van der Waals surface area contributed by atoms with E-state index in [0.29, 0.717) is 37.5 Å². The van der Waals surface area contributed by atoms with Crippen LogP contribution in [0.25, 0.3) is 0 Å². The number of carbonyl (C=O) groups is 4. The topological polar surface area (TPSA) is 237 Å². The highest BCUT2D eigenvalue weighted by Crippen LogP contribution is 2.45. The summed E-state index contributed by atoms with van der Waals surface area (Å²) in [7, 11) is -9.91. The Balaban J connectivity index is 5.11. The number of hydrogen-bond acceptors (Lipinski definition) is 15. The van der Waals surface area contributed by atoms with Gasteiger partial charge in [-0.1, -0.05) is 357 Å². The van der Waals surface area contributed by atoms with Crippen LogP contribution in [0.1, 0.15) is 409 Å². The van der Waals surface area contributed by atoms with E-state index in [2.05, 4.69) is 55.4 Å². The van der Waals surface area contributed by atoms with Crippen LogP contribution in [0.3, 0.4) is 0 Å². The van der Waals surface area contributed by atoms with E-state index in [-0.39, 0.29) is 25.7 Å². The summed E-state index contributed by atoms with van der Waals surface area (Å²) < 4.78 is 68.5. The predicted molar refractivity (Wildman–Crippen MR) is 404 cm³/mol. The standard InChI is InChI=1S/C80H156O17P2/c1-9-73(8)59-51-43-34-28-24-20-16-12-10-11-13-17-21-25-29-35-44-52-60-77(82)90-66-75(97-80(85)63-55-47-37-31-33-41-49-57-71(4)5)68-94-98(86,87)92-64-74(81)65-93-99(88,89)95-69-76(67-91-78(83)61-53-45-39-38-42-50-58-72(6)7)96-79(84)62-54-46-36-30-26-22-18-14-15-19-23-27-32-40-48-56-70(2)3/h70-76,81H,9-69H2,1-8H3,(H,86,87)(H,88,89)/t73?,74?,75-,76-/m1/s1. The van der Waals surface area contributed by atoms with Crippen molar-refractivity contribution in [3.8, 4) is 0 Å². The first-order valence-corrected chi connectivity index (χ1v) is 44.2. The molecule has 17 nitrogen and oxygen atoms in total. The largest absolute Gasteiger partial charge is 0.472 e. The number of rotatable bonds is 77. The second-order valence-corrected chi connectivity index (χ2v) is 33.4. The fraction of sp³-hybridized carbons (Fsp3) is 0.950. The molecule has 588 valence electrons. The minimum Gasteiger partial charge on any atom is -0.462 e. The van der Waals surface area contributed by atoms with Crippen molar-refractivity contribution in [2.75, 3.05) is 39.6 Å². The predicted octanol–water partition coefficient (Wildman–Crippen LogP) is 23.6. The number of phosphoric ester groups is 2. The highest BCUT2D eigenvalue weighted by atomic mass is 31.2. The minimum atomic E-state index is -4.96. The summed E-state index contributed by atoms with van der Waals surface area (Å²) in [6.45, 7) is 14.2. The maximum absolute atomic E-state index is 13.1. The summed E-state index contributed by atoms with van der Waals surface area (Å²) in [5.41, 5.74) is 0. The van der Waals surface area contributed by atoms with E-state index in [1.165, 1.54) is 205 Å². The lowest BCUT2D eigenvalue weighted by Gasteiger charge is -2.21. The van der Waals surface area contributed by atoms with Crippen molar-refractivity contribution in [1.29, 1.82) is 0 Å². The molecule has 0 amide bonds. The first-order valence-electron chi connectivity index (χ1n) is 41.2. The molecule has 99 heavy (non-hydrogen) atoms. The summed E-state index contributed by atoms with van der Waals surface area (Å²) in [5, 5.41) is 10.6. The number of hydrogen-bond donors (Lipinski definition) is 3. The summed E-state index contributed by atoms with van der Waals surface area (Å²) in [6, 6.07) is 0. The Morgan fingerprint density at radius 2 is 0.485 bits per heavy atom. The van der Waals surface area contributed by atoms with E-state index in [1.54, 1.807) is 0 Å². The molecule has 0 saturated carbocycles. The molecule has 19 heteroatoms. The van der Waals surface area contributed by atoms with Crippen LogP contribution in [0.15, 0.2) is 0 Å². The lowest BCUT2D eigenvalue weighted by atomic mass is 9.99. The fourth-order valence-electron chi connectivity index (χ4n) is 12.2. The minimum absolute atomic E-state index is 0.104. The highest BCUT2D eigenvalue weighted by Gasteiger charge is 2.30. The zero-order chi connectivity index (χ0) is 73.1. The molecule has 6 atom stereocenters. The van der Waals surface area contributed by atoms with E-state index in [4.69, 9.17) is 37.0 Å². The smallest absolute Gasteiger partial charge is 0.462 e. The molecule has 0 rings (SSSR count). The van der Waals surface area contributed by atoms with Crippen molar-refractivity contribution in [3.63, 3.8) is 0 Å². The Bertz CT molecular complexity index is 1940. The Morgan fingerprint density at radius 1 is 0.283 bits per heavy atom. The van der Waals surface area contributed by atoms with Crippen molar-refractivity contribution >= 4 is 39.5 Å². The van der Waals surface area contributed by atoms with Gasteiger partial charge in [0.2, 0.25) is 0 Å². The van der Waals surface area contributed by atoms with Gasteiger partial charge in [-0.15, -0.1) is 0 Å². The SMILES string of the molecule is CCC(C)CCCCCCCCCCCCCCCCCCCCC(=O)OC[C@H](COP(=O)(O)OCC(O)COP(=O)(O)OC[C@@H](COC(=O)CCCCCCCCC(C)C)OC(=O)CCCCCCCCCCCCCCCCCC(C)C)OC(=O)CCCCCCCCCC(C)C. The summed E-state index contributed by atoms with van der Waals surface area (Å²) >= 11 is 0. The van der Waals surface area contributed by atoms with Gasteiger partial charge in [0, 0.05) is 25.7 Å². The molecular formula is C80H156O17P2. The summed E-state index contributed by atoms with van der Waals surface area (Å²) in [4.78, 5) is 72.8. The lowest BCUT2D eigenvalue weighted by Crippen LogP contribution is -2.30. The van der Waals surface area contributed by atoms with Crippen LogP contribution < -0.4 is 0 Å². The van der Waals surface area contributed by atoms with Crippen LogP contribution in [0.4, 0.5) is 0 Å². The van der Waals surface area contributed by atoms with E-state index in [9.17, 15) is 43.2 Å². The molecule has 0 aliphatic rings. The molecule has 0 fully saturated rings. The molecule has 0 heterocycles. The van der Waals surface area contributed by atoms with Crippen molar-refractivity contribution < 1.29 is 80.2 Å². The first-order chi connectivity index (χ1) is 47.6. The van der Waals surface area contributed by atoms with Crippen LogP contribution in [-0.2, 0) is 65.4 Å². The van der Waals surface area contributed by atoms with Gasteiger partial charge in [0.05, 0.1) is 26.4 Å². The van der Waals surface area contributed by atoms with Gasteiger partial charge in [-0.3, -0.25) is 37.3 Å². The van der Waals surface area contributed by atoms with Crippen LogP contribution in [-0.4, -0.2) is 96.7 Å². The van der Waals surface area contributed by atoms with Crippen molar-refractivity contribution in [2.45, 2.75) is 427 Å². The highest BCUT2D eigenvalue weighted by molar-refractivity contribution is 7.47. The number of carbonyl (C=O) groups excluding carboxylic acids is 4. The number of aliphatic hydroxyl groups is 1. The molecular weight excluding hydrogens is 1290 g/mol. The molecule has 0 spiro atoms. The molecule has 0 aliphatic carbocycles. The average Bonchev–Trinajstić information content (AvgIpc) is 1.07. The third-order valence-corrected chi connectivity index (χ3v) is 20.8. The van der Waals surface area contributed by atoms with Crippen molar-refractivity contribution in [3.05, 3.63) is 0 Å². The Kier molecular flexibility index (Phi) is 67.8. The Hall–Kier alpha value is -1.94. The zero-order valence-electron chi connectivity index (χ0n) is 65.1. The molecule has 0 aromatic heterocycles. The quantitative estimate of drug-likeness (QED) is 0.0222. The van der Waals surface area contributed by atoms with Gasteiger partial charge >= 0.3 is 39.5 Å². The van der Waals surface area contributed by atoms with Crippen molar-refractivity contribution in [2.24, 2.45) is 23.7 Å². The van der Waals surface area contributed by atoms with Gasteiger partial charge < -0.3 is 33.8 Å². The average molecular weight is 1450 g/mol. The van der Waals surface area contributed by atoms with Gasteiger partial charge in [0.25, 0.3) is 0 Å². The van der Waals surface area contributed by atoms with E-state index >= 15 is 0 Å². The van der Waals surface area contributed by atoms with Crippen LogP contribution >= 0.6 is 15.6 Å². The van der Waals surface area contributed by atoms with Crippen LogP contribution in [0.2, 0.25) is 0 Å². The maximum Gasteiger partial charge on any atom is 0.472 e. The summed E-state index contributed by atoms with van der Waals surface area (Å²) in [5.74, 6) is 0.930. The number of esters is 4. The van der Waals surface area contributed by atoms with Crippen molar-refractivity contribution in [1.82, 2.24) is 0 Å². The molecule has 0 aromatic rings. The fourth-order valence-corrected chi connectivity index (χ4v) is 13.8. The first kappa shape index (κ1) is 97.1. The van der Waals surface area contributed by atoms with Gasteiger partial charge in [0.15, 0.2) is 12.2 Å². The Morgan fingerprint density at radius 3 is 0.717 bits per heavy atom. The lowest BCUT2D eigenvalue weighted by molar-refractivity contribution is -0.161. The van der Waals surface area contributed by atoms with E-state index in [1.807, 2.05) is 0 Å². The van der Waals surface area contributed by atoms with Crippen LogP contribution in [0.5, 0.6) is 0 Å². The van der Waals surface area contributed by atoms with Gasteiger partial charge in [-0.2, -0.15) is 0 Å². The van der Waals surface area contributed by atoms with Gasteiger partial charge in [-0.05, 0) is 49.4 Å². The zero-order valence-corrected chi connectivity index (χ0v) is 66.9. The number of ether oxygens (including phenoxy) is 4. The number of phosphoric acid groups is 2. The molecule has 4 unspecified atom stereocenters. The second-order valence-electron chi connectivity index (χ2n) is 30.5. The van der Waals surface area contributed by atoms with E-state index < -0.39 is 97.5 Å². The summed E-state index contributed by atoms with van der Waals surface area (Å²) in [6.07, 6.45) is 55.9. The Labute approximate surface area is 607 Å². The third-order valence-electron chi connectivity index (χ3n) is 18.9. The molecule has 0 aliphatic heterocycles. The molecule has 3 N–H and O–H groups in total. The maximum atomic E-state index is 13.1. The third kappa shape index (κ3) is 72.8. The molecule has 0 saturated heterocycles. The second kappa shape index (κ2) is 69.1. The normalized spacial score (nSPS) is 14.3. The molecule has 0 radical (unpaired) electrons. The van der Waals surface area contributed by atoms with E-state index in [0.717, 1.165) is 108 Å². The molecule has 0 aromatic carbocycles. The van der Waals surface area contributed by atoms with Crippen LogP contribution in [0, 0.1) is 23.7 Å². The van der Waals surface area contributed by atoms with Gasteiger partial charge in [-0.25, -0.2) is 9.13 Å². The van der Waals surface area contributed by atoms with Gasteiger partial charge in [0.1, 0.15) is 19.3 Å².